The molecule has 0 saturated carbocycles. The molecule has 1 aromatic rings. The second kappa shape index (κ2) is 4.47. The molecule has 0 aliphatic carbocycles. The van der Waals surface area contributed by atoms with E-state index in [1.54, 1.807) is 12.1 Å². The molecule has 72 valence electrons. The lowest BCUT2D eigenvalue weighted by atomic mass is 10.3. The number of rotatable bonds is 3. The summed E-state index contributed by atoms with van der Waals surface area (Å²) in [5, 5.41) is -0.433. The summed E-state index contributed by atoms with van der Waals surface area (Å²) in [6.07, 6.45) is 0. The number of anilines is 1. The Kier molecular flexibility index (Phi) is 3.81. The van der Waals surface area contributed by atoms with Crippen molar-refractivity contribution in [2.45, 2.75) is 0 Å². The third kappa shape index (κ3) is 3.32. The van der Waals surface area contributed by atoms with Crippen molar-refractivity contribution < 1.29 is 8.42 Å². The number of benzene rings is 1. The zero-order chi connectivity index (χ0) is 9.90. The van der Waals surface area contributed by atoms with Gasteiger partial charge in [0.2, 0.25) is 10.0 Å². The molecule has 0 heterocycles. The normalized spacial score (nSPS) is 11.2. The van der Waals surface area contributed by atoms with Crippen molar-refractivity contribution in [2.24, 2.45) is 0 Å². The Morgan fingerprint density at radius 2 is 2.00 bits per heavy atom. The standard InChI is InChI=1S/C7H7ClINO2S/c8-5-13(11,12)10-7-4-2-1-3-6(7)9/h1-4,10H,5H2. The van der Waals surface area contributed by atoms with E-state index in [-0.39, 0.29) is 0 Å². The van der Waals surface area contributed by atoms with Crippen LogP contribution in [0.2, 0.25) is 0 Å². The van der Waals surface area contributed by atoms with Crippen LogP contribution in [0.3, 0.4) is 0 Å². The van der Waals surface area contributed by atoms with Gasteiger partial charge in [0, 0.05) is 3.57 Å². The summed E-state index contributed by atoms with van der Waals surface area (Å²) in [7, 11) is -3.38. The molecule has 1 aromatic carbocycles. The van der Waals surface area contributed by atoms with Gasteiger partial charge >= 0.3 is 0 Å². The molecule has 0 bridgehead atoms. The Balaban J connectivity index is 2.93. The van der Waals surface area contributed by atoms with E-state index in [0.29, 0.717) is 5.69 Å². The molecule has 1 rings (SSSR count). The number of sulfonamides is 1. The van der Waals surface area contributed by atoms with Gasteiger partial charge in [0.15, 0.2) is 0 Å². The van der Waals surface area contributed by atoms with Gasteiger partial charge in [-0.2, -0.15) is 0 Å². The van der Waals surface area contributed by atoms with Crippen LogP contribution in [0.15, 0.2) is 24.3 Å². The van der Waals surface area contributed by atoms with Gasteiger partial charge in [-0.05, 0) is 34.7 Å². The van der Waals surface area contributed by atoms with Gasteiger partial charge in [-0.1, -0.05) is 12.1 Å². The maximum absolute atomic E-state index is 11.1. The summed E-state index contributed by atoms with van der Waals surface area (Å²) in [5.74, 6) is 0. The monoisotopic (exact) mass is 331 g/mol. The molecular weight excluding hydrogens is 325 g/mol. The van der Waals surface area contributed by atoms with Crippen molar-refractivity contribution in [3.8, 4) is 0 Å². The summed E-state index contributed by atoms with van der Waals surface area (Å²) in [4.78, 5) is 0. The topological polar surface area (TPSA) is 46.2 Å². The zero-order valence-corrected chi connectivity index (χ0v) is 10.2. The first-order valence-electron chi connectivity index (χ1n) is 3.36. The van der Waals surface area contributed by atoms with Gasteiger partial charge in [-0.25, -0.2) is 8.42 Å². The van der Waals surface area contributed by atoms with Crippen molar-refractivity contribution in [2.75, 3.05) is 9.93 Å². The highest BCUT2D eigenvalue weighted by Gasteiger charge is 2.09. The predicted molar refractivity (Wildman–Crippen MR) is 62.4 cm³/mol. The van der Waals surface area contributed by atoms with E-state index in [2.05, 4.69) is 4.72 Å². The molecule has 3 nitrogen and oxygen atoms in total. The smallest absolute Gasteiger partial charge is 0.246 e. The number of halogens is 2. The van der Waals surface area contributed by atoms with E-state index >= 15 is 0 Å². The fourth-order valence-corrected chi connectivity index (χ4v) is 2.18. The SMILES string of the molecule is O=S(=O)(CCl)Nc1ccccc1I. The molecule has 0 fully saturated rings. The maximum Gasteiger partial charge on any atom is 0.246 e. The Bertz CT molecular complexity index is 393. The van der Waals surface area contributed by atoms with Crippen molar-refractivity contribution in [1.82, 2.24) is 0 Å². The van der Waals surface area contributed by atoms with E-state index in [0.717, 1.165) is 3.57 Å². The molecule has 0 spiro atoms. The minimum atomic E-state index is -3.38. The second-order valence-electron chi connectivity index (χ2n) is 2.31. The summed E-state index contributed by atoms with van der Waals surface area (Å²) in [6.45, 7) is 0. The Hall–Kier alpha value is -0.0100. The first-order valence-corrected chi connectivity index (χ1v) is 6.63. The molecule has 0 unspecified atom stereocenters. The number of hydrogen-bond acceptors (Lipinski definition) is 2. The molecule has 0 amide bonds. The third-order valence-corrected chi connectivity index (χ3v) is 3.90. The van der Waals surface area contributed by atoms with Gasteiger partial charge in [-0.3, -0.25) is 4.72 Å². The second-order valence-corrected chi connectivity index (χ2v) is 5.77. The molecule has 0 radical (unpaired) electrons. The summed E-state index contributed by atoms with van der Waals surface area (Å²) in [6, 6.07) is 7.09. The van der Waals surface area contributed by atoms with Crippen LogP contribution in [0.25, 0.3) is 0 Å². The summed E-state index contributed by atoms with van der Waals surface area (Å²) >= 11 is 7.29. The minimum absolute atomic E-state index is 0.433. The van der Waals surface area contributed by atoms with Crippen LogP contribution in [0.4, 0.5) is 5.69 Å². The molecule has 1 N–H and O–H groups in total. The van der Waals surface area contributed by atoms with Crippen LogP contribution < -0.4 is 4.72 Å². The molecule has 13 heavy (non-hydrogen) atoms. The molecule has 0 saturated heterocycles. The highest BCUT2D eigenvalue weighted by atomic mass is 127. The van der Waals surface area contributed by atoms with E-state index in [1.807, 2.05) is 34.7 Å². The quantitative estimate of drug-likeness (QED) is 0.682. The van der Waals surface area contributed by atoms with Gasteiger partial charge in [0.25, 0.3) is 0 Å². The molecule has 0 aliphatic heterocycles. The van der Waals surface area contributed by atoms with E-state index in [4.69, 9.17) is 11.6 Å². The van der Waals surface area contributed by atoms with Crippen LogP contribution in [0.1, 0.15) is 0 Å². The minimum Gasteiger partial charge on any atom is -0.281 e. The van der Waals surface area contributed by atoms with Crippen molar-refractivity contribution in [3.05, 3.63) is 27.8 Å². The Labute approximate surface area is 95.7 Å². The van der Waals surface area contributed by atoms with Crippen LogP contribution in [0.5, 0.6) is 0 Å². The number of para-hydroxylation sites is 1. The average molecular weight is 332 g/mol. The van der Waals surface area contributed by atoms with Crippen LogP contribution in [-0.4, -0.2) is 13.6 Å². The molecular formula is C7H7ClINO2S. The van der Waals surface area contributed by atoms with E-state index in [9.17, 15) is 8.42 Å². The largest absolute Gasteiger partial charge is 0.281 e. The third-order valence-electron chi connectivity index (χ3n) is 1.28. The van der Waals surface area contributed by atoms with Crippen molar-refractivity contribution >= 4 is 49.9 Å². The lowest BCUT2D eigenvalue weighted by molar-refractivity contribution is 0.605. The predicted octanol–water partition coefficient (Wildman–Crippen LogP) is 2.23. The fourth-order valence-electron chi connectivity index (χ4n) is 0.739. The highest BCUT2D eigenvalue weighted by Crippen LogP contribution is 2.18. The van der Waals surface area contributed by atoms with Gasteiger partial charge in [-0.15, -0.1) is 11.6 Å². The summed E-state index contributed by atoms with van der Waals surface area (Å²) < 4.78 is 25.4. The number of nitrogens with one attached hydrogen (secondary N) is 1. The van der Waals surface area contributed by atoms with E-state index < -0.39 is 15.2 Å². The number of alkyl halides is 1. The highest BCUT2D eigenvalue weighted by molar-refractivity contribution is 14.1. The van der Waals surface area contributed by atoms with Crippen molar-refractivity contribution in [1.29, 1.82) is 0 Å². The molecule has 0 atom stereocenters. The fraction of sp³-hybridized carbons (Fsp3) is 0.143. The van der Waals surface area contributed by atoms with Crippen molar-refractivity contribution in [3.63, 3.8) is 0 Å². The van der Waals surface area contributed by atoms with Gasteiger partial charge in [0.05, 0.1) is 5.69 Å². The van der Waals surface area contributed by atoms with Crippen LogP contribution in [0, 0.1) is 3.57 Å². The Morgan fingerprint density at radius 3 is 2.54 bits per heavy atom. The van der Waals surface area contributed by atoms with Crippen LogP contribution in [-0.2, 0) is 10.0 Å². The lowest BCUT2D eigenvalue weighted by Gasteiger charge is -2.06. The first kappa shape index (κ1) is 11.1. The zero-order valence-electron chi connectivity index (χ0n) is 6.50. The average Bonchev–Trinajstić information content (AvgIpc) is 2.09. The Morgan fingerprint density at radius 1 is 1.38 bits per heavy atom. The first-order chi connectivity index (χ1) is 6.05. The molecule has 6 heteroatoms. The molecule has 0 aliphatic rings. The number of hydrogen-bond donors (Lipinski definition) is 1. The van der Waals surface area contributed by atoms with Crippen LogP contribution >= 0.6 is 34.2 Å². The van der Waals surface area contributed by atoms with Gasteiger partial charge < -0.3 is 0 Å². The summed E-state index contributed by atoms with van der Waals surface area (Å²) in [5.41, 5.74) is 0.559. The van der Waals surface area contributed by atoms with Gasteiger partial charge in [0.1, 0.15) is 5.21 Å². The maximum atomic E-state index is 11.1. The lowest BCUT2D eigenvalue weighted by Crippen LogP contribution is -2.14. The van der Waals surface area contributed by atoms with E-state index in [1.165, 1.54) is 0 Å². The molecule has 0 aromatic heterocycles.